The van der Waals surface area contributed by atoms with Gasteiger partial charge in [0.15, 0.2) is 0 Å². The van der Waals surface area contributed by atoms with E-state index in [9.17, 15) is 5.26 Å². The molecule has 0 spiro atoms. The maximum atomic E-state index is 10.4. The molecule has 1 aromatic heterocycles. The summed E-state index contributed by atoms with van der Waals surface area (Å²) in [5, 5.41) is 11.6. The summed E-state index contributed by atoms with van der Waals surface area (Å²) >= 11 is 0. The van der Waals surface area contributed by atoms with Crippen LogP contribution in [0.4, 0.5) is 11.4 Å². The maximum Gasteiger partial charge on any atom is 0.142 e. The third-order valence-corrected chi connectivity index (χ3v) is 10.7. The van der Waals surface area contributed by atoms with E-state index in [4.69, 9.17) is 4.74 Å². The van der Waals surface area contributed by atoms with Crippen molar-refractivity contribution in [1.29, 1.82) is 5.26 Å². The zero-order chi connectivity index (χ0) is 31.1. The van der Waals surface area contributed by atoms with E-state index in [1.54, 1.807) is 0 Å². The van der Waals surface area contributed by atoms with Crippen LogP contribution in [0.25, 0.3) is 39.4 Å². The van der Waals surface area contributed by atoms with E-state index in [-0.39, 0.29) is 6.10 Å². The van der Waals surface area contributed by atoms with E-state index in [0.29, 0.717) is 17.5 Å². The Bertz CT molecular complexity index is 2290. The van der Waals surface area contributed by atoms with Crippen molar-refractivity contribution in [3.63, 3.8) is 0 Å². The summed E-state index contributed by atoms with van der Waals surface area (Å²) in [5.74, 6) is 1.33. The van der Waals surface area contributed by atoms with Gasteiger partial charge in [0, 0.05) is 45.6 Å². The molecule has 3 atom stereocenters. The lowest BCUT2D eigenvalue weighted by Crippen LogP contribution is -2.30. The minimum absolute atomic E-state index is 0.0204. The Morgan fingerprint density at radius 3 is 2.72 bits per heavy atom. The summed E-state index contributed by atoms with van der Waals surface area (Å²) in [6.07, 6.45) is 21.0. The summed E-state index contributed by atoms with van der Waals surface area (Å²) in [7, 11) is 0. The number of benzene rings is 3. The number of fused-ring (bicyclic) bond motifs is 9. The molecule has 47 heavy (non-hydrogen) atoms. The molecule has 5 aromatic rings. The van der Waals surface area contributed by atoms with Crippen molar-refractivity contribution in [3.05, 3.63) is 143 Å². The van der Waals surface area contributed by atoms with Crippen molar-refractivity contribution < 1.29 is 4.74 Å². The van der Waals surface area contributed by atoms with Crippen molar-refractivity contribution in [1.82, 2.24) is 4.57 Å². The Morgan fingerprint density at radius 1 is 0.894 bits per heavy atom. The molecule has 0 N–H and O–H groups in total. The van der Waals surface area contributed by atoms with E-state index in [0.717, 1.165) is 66.0 Å². The zero-order valence-corrected chi connectivity index (χ0v) is 25.9. The summed E-state index contributed by atoms with van der Waals surface area (Å²) in [6, 6.07) is 33.2. The van der Waals surface area contributed by atoms with Gasteiger partial charge in [-0.1, -0.05) is 54.6 Å². The van der Waals surface area contributed by atoms with Crippen LogP contribution in [0.1, 0.15) is 59.5 Å². The predicted octanol–water partition coefficient (Wildman–Crippen LogP) is 9.79. The highest BCUT2D eigenvalue weighted by Gasteiger charge is 2.39. The molecule has 4 nitrogen and oxygen atoms in total. The summed E-state index contributed by atoms with van der Waals surface area (Å²) < 4.78 is 8.78. The van der Waals surface area contributed by atoms with Crippen LogP contribution in [-0.4, -0.2) is 16.7 Å². The van der Waals surface area contributed by atoms with Crippen LogP contribution < -0.4 is 9.64 Å². The maximum absolute atomic E-state index is 10.4. The van der Waals surface area contributed by atoms with Crippen LogP contribution in [0.5, 0.6) is 5.75 Å². The smallest absolute Gasteiger partial charge is 0.142 e. The van der Waals surface area contributed by atoms with Crippen LogP contribution in [0.3, 0.4) is 0 Å². The van der Waals surface area contributed by atoms with Gasteiger partial charge < -0.3 is 14.2 Å². The lowest BCUT2D eigenvalue weighted by molar-refractivity contribution is 0.322. The minimum atomic E-state index is 0.0204. The molecule has 0 saturated heterocycles. The highest BCUT2D eigenvalue weighted by atomic mass is 16.5. The molecule has 1 unspecified atom stereocenters. The van der Waals surface area contributed by atoms with Crippen molar-refractivity contribution >= 4 is 33.9 Å². The number of hydrogen-bond donors (Lipinski definition) is 0. The summed E-state index contributed by atoms with van der Waals surface area (Å²) in [5.41, 5.74) is 13.5. The molecular weight excluding hydrogens is 574 g/mol. The largest absolute Gasteiger partial charge is 0.481 e. The third kappa shape index (κ3) is 3.89. The van der Waals surface area contributed by atoms with Crippen molar-refractivity contribution in [3.8, 4) is 28.6 Å². The van der Waals surface area contributed by atoms with Crippen LogP contribution in [-0.2, 0) is 6.42 Å². The molecule has 0 bridgehead atoms. The predicted molar refractivity (Wildman–Crippen MR) is 188 cm³/mol. The molecule has 0 radical (unpaired) electrons. The van der Waals surface area contributed by atoms with E-state index in [1.807, 2.05) is 6.07 Å². The molecule has 3 heterocycles. The highest BCUT2D eigenvalue weighted by molar-refractivity contribution is 5.96. The Morgan fingerprint density at radius 2 is 1.81 bits per heavy atom. The Labute approximate surface area is 274 Å². The van der Waals surface area contributed by atoms with Gasteiger partial charge in [-0.05, 0) is 121 Å². The average molecular weight is 606 g/mol. The van der Waals surface area contributed by atoms with Crippen molar-refractivity contribution in [2.45, 2.75) is 50.2 Å². The number of allylic oxidation sites excluding steroid dienone is 4. The number of nitrogens with zero attached hydrogens (tertiary/aromatic N) is 3. The van der Waals surface area contributed by atoms with Crippen molar-refractivity contribution in [2.24, 2.45) is 0 Å². The first kappa shape index (κ1) is 26.5. The van der Waals surface area contributed by atoms with E-state index >= 15 is 0 Å². The van der Waals surface area contributed by atoms with Crippen LogP contribution in [0, 0.1) is 23.5 Å². The molecule has 224 valence electrons. The fourth-order valence-electron chi connectivity index (χ4n) is 8.56. The number of aromatic nitrogens is 1. The third-order valence-electron chi connectivity index (χ3n) is 10.7. The number of rotatable bonds is 3. The molecule has 4 heteroatoms. The van der Waals surface area contributed by atoms with Gasteiger partial charge in [-0.25, -0.2) is 0 Å². The van der Waals surface area contributed by atoms with Crippen LogP contribution >= 0.6 is 0 Å². The number of aryl methyl sites for hydroxylation is 1. The van der Waals surface area contributed by atoms with Crippen molar-refractivity contribution in [2.75, 3.05) is 4.90 Å². The summed E-state index contributed by atoms with van der Waals surface area (Å²) in [4.78, 5) is 2.38. The second-order valence-electron chi connectivity index (χ2n) is 13.1. The second kappa shape index (κ2) is 10.1. The van der Waals surface area contributed by atoms with Gasteiger partial charge in [0.05, 0.1) is 22.8 Å². The lowest BCUT2D eigenvalue weighted by atomic mass is 9.88. The Balaban J connectivity index is 1.04. The van der Waals surface area contributed by atoms with Gasteiger partial charge in [0.25, 0.3) is 0 Å². The molecule has 3 aliphatic carbocycles. The SMILES string of the molecule is N#Cc1cc(N2c3c#cccc3[C@H]3C=CCCC32)ccc1-c1ccc(-n2c3c(c4cc5c(cc42)C2=CCC=C[C@H]2O5)CCC=C3)cc1. The van der Waals surface area contributed by atoms with E-state index in [2.05, 4.69) is 131 Å². The quantitative estimate of drug-likeness (QED) is 0.192. The van der Waals surface area contributed by atoms with Crippen LogP contribution in [0.15, 0.2) is 103 Å². The first-order valence-corrected chi connectivity index (χ1v) is 16.7. The lowest BCUT2D eigenvalue weighted by Gasteiger charge is -2.31. The molecule has 5 aliphatic rings. The number of anilines is 2. The van der Waals surface area contributed by atoms with E-state index in [1.165, 1.54) is 38.9 Å². The number of ether oxygens (including phenoxy) is 1. The molecule has 0 amide bonds. The first-order chi connectivity index (χ1) is 23.3. The standard InChI is InChI=1S/C43H31N3O/c44-26-28-23-30(46-38-13-5-1-9-32(38)33-10-2-6-14-39(33)46)21-22-31(28)27-17-19-29(20-18-27)45-40-15-7-3-11-34(40)36-25-43-37(24-41(36)45)35-12-4-8-16-42(35)47-43/h1-2,7-10,12,15-25,32,38,42H,3-5,11,13H2/t32-,38?,42-/m1/s1. The average Bonchev–Trinajstić information content (AvgIpc) is 3.78. The fourth-order valence-corrected chi connectivity index (χ4v) is 8.56. The zero-order valence-electron chi connectivity index (χ0n) is 25.9. The minimum Gasteiger partial charge on any atom is -0.481 e. The van der Waals surface area contributed by atoms with Gasteiger partial charge in [0.1, 0.15) is 11.9 Å². The first-order valence-electron chi connectivity index (χ1n) is 16.7. The second-order valence-corrected chi connectivity index (χ2v) is 13.1. The molecule has 10 rings (SSSR count). The number of nitriles is 1. The molecule has 0 fully saturated rings. The van der Waals surface area contributed by atoms with Gasteiger partial charge in [-0.15, -0.1) is 0 Å². The molecular formula is C43H31N3O. The molecule has 0 saturated carbocycles. The number of hydrogen-bond acceptors (Lipinski definition) is 3. The van der Waals surface area contributed by atoms with E-state index < -0.39 is 0 Å². The van der Waals surface area contributed by atoms with Crippen LogP contribution in [0.2, 0.25) is 0 Å². The van der Waals surface area contributed by atoms with Gasteiger partial charge in [-0.2, -0.15) is 5.26 Å². The molecule has 2 aliphatic heterocycles. The summed E-state index contributed by atoms with van der Waals surface area (Å²) in [6.45, 7) is 0. The normalized spacial score (nSPS) is 21.2. The molecule has 4 aromatic carbocycles. The fraction of sp³-hybridized carbons (Fsp3) is 0.186. The van der Waals surface area contributed by atoms with Gasteiger partial charge >= 0.3 is 0 Å². The van der Waals surface area contributed by atoms with Gasteiger partial charge in [-0.3, -0.25) is 0 Å². The Kier molecular flexibility index (Phi) is 5.72. The monoisotopic (exact) mass is 605 g/mol. The topological polar surface area (TPSA) is 41.2 Å². The van der Waals surface area contributed by atoms with Gasteiger partial charge in [0.2, 0.25) is 0 Å². The highest BCUT2D eigenvalue weighted by Crippen LogP contribution is 2.49. The Hall–Kier alpha value is -5.71.